The number of Topliss-reactive ketones (excluding diaryl/α,β-unsaturated/α-hetero) is 1. The number of ketones is 1. The smallest absolute Gasteiger partial charge is 0.297 e. The first-order chi connectivity index (χ1) is 11.0. The summed E-state index contributed by atoms with van der Waals surface area (Å²) in [6, 6.07) is -1.16. The Bertz CT molecular complexity index is 659. The zero-order valence-electron chi connectivity index (χ0n) is 14.7. The molecule has 2 bridgehead atoms. The highest BCUT2D eigenvalue weighted by atomic mass is 16.2. The van der Waals surface area contributed by atoms with Crippen LogP contribution in [-0.4, -0.2) is 59.8 Å². The molecule has 1 aliphatic heterocycles. The second-order valence-corrected chi connectivity index (χ2v) is 7.86. The molecule has 1 heterocycles. The van der Waals surface area contributed by atoms with E-state index >= 15 is 0 Å². The molecule has 24 heavy (non-hydrogen) atoms. The van der Waals surface area contributed by atoms with Gasteiger partial charge in [-0.1, -0.05) is 20.8 Å². The Morgan fingerprint density at radius 3 is 2.04 bits per heavy atom. The average Bonchev–Trinajstić information content (AvgIpc) is 2.84. The summed E-state index contributed by atoms with van der Waals surface area (Å²) in [5, 5.41) is 0. The Morgan fingerprint density at radius 2 is 1.58 bits per heavy atom. The van der Waals surface area contributed by atoms with E-state index < -0.39 is 35.2 Å². The van der Waals surface area contributed by atoms with Gasteiger partial charge in [-0.25, -0.2) is 4.79 Å². The summed E-state index contributed by atoms with van der Waals surface area (Å²) in [5.74, 6) is -2.13. The van der Waals surface area contributed by atoms with E-state index in [1.807, 2.05) is 6.92 Å². The number of hydrogen-bond donors (Lipinski definition) is 0. The largest absolute Gasteiger partial charge is 0.332 e. The van der Waals surface area contributed by atoms with Crippen molar-refractivity contribution < 1.29 is 19.2 Å². The maximum Gasteiger partial charge on any atom is 0.332 e. The fourth-order valence-corrected chi connectivity index (χ4v) is 4.45. The highest BCUT2D eigenvalue weighted by Gasteiger charge is 2.66. The molecule has 0 aromatic carbocycles. The topological polar surface area (TPSA) is 87.1 Å². The number of fused-ring (bicyclic) bond motifs is 2. The van der Waals surface area contributed by atoms with Gasteiger partial charge in [0.2, 0.25) is 11.8 Å². The molecule has 3 rings (SSSR count). The normalized spacial score (nSPS) is 36.5. The van der Waals surface area contributed by atoms with Crippen molar-refractivity contribution in [1.29, 1.82) is 0 Å². The van der Waals surface area contributed by atoms with E-state index in [4.69, 9.17) is 0 Å². The molecule has 0 unspecified atom stereocenters. The first kappa shape index (κ1) is 16.8. The minimum absolute atomic E-state index is 0.0912. The SMILES string of the molecule is CN1C(=O)C(C=N[C@H]2C(=O)[C@@]3(C)CC[C@@H]2C3(C)C)C(=O)N(C)C1=O. The van der Waals surface area contributed by atoms with Crippen LogP contribution in [0.3, 0.4) is 0 Å². The van der Waals surface area contributed by atoms with Gasteiger partial charge in [0.05, 0.1) is 0 Å². The van der Waals surface area contributed by atoms with Crippen LogP contribution in [0.2, 0.25) is 0 Å². The van der Waals surface area contributed by atoms with Crippen LogP contribution >= 0.6 is 0 Å². The molecular formula is C17H23N3O4. The fourth-order valence-electron chi connectivity index (χ4n) is 4.45. The van der Waals surface area contributed by atoms with Gasteiger partial charge in [-0.15, -0.1) is 0 Å². The molecule has 3 fully saturated rings. The first-order valence-electron chi connectivity index (χ1n) is 8.20. The summed E-state index contributed by atoms with van der Waals surface area (Å²) >= 11 is 0. The van der Waals surface area contributed by atoms with Crippen LogP contribution in [0.5, 0.6) is 0 Å². The summed E-state index contributed by atoms with van der Waals surface area (Å²) in [5.41, 5.74) is -0.542. The second kappa shape index (κ2) is 4.97. The van der Waals surface area contributed by atoms with Crippen molar-refractivity contribution in [2.75, 3.05) is 14.1 Å². The number of nitrogens with zero attached hydrogens (tertiary/aromatic N) is 3. The van der Waals surface area contributed by atoms with Gasteiger partial charge < -0.3 is 0 Å². The molecule has 130 valence electrons. The van der Waals surface area contributed by atoms with Crippen molar-refractivity contribution in [2.45, 2.75) is 39.7 Å². The van der Waals surface area contributed by atoms with Crippen LogP contribution in [-0.2, 0) is 14.4 Å². The highest BCUT2D eigenvalue weighted by molar-refractivity contribution is 6.23. The third-order valence-corrected chi connectivity index (χ3v) is 6.66. The lowest BCUT2D eigenvalue weighted by Gasteiger charge is -2.31. The molecule has 0 aromatic rings. The minimum atomic E-state index is -1.14. The third kappa shape index (κ3) is 1.87. The van der Waals surface area contributed by atoms with E-state index in [1.165, 1.54) is 20.3 Å². The molecule has 7 heteroatoms. The molecule has 4 amide bonds. The molecule has 0 spiro atoms. The monoisotopic (exact) mass is 333 g/mol. The van der Waals surface area contributed by atoms with Crippen molar-refractivity contribution in [3.8, 4) is 0 Å². The van der Waals surface area contributed by atoms with Gasteiger partial charge in [0.25, 0.3) is 0 Å². The molecule has 2 saturated carbocycles. The maximum absolute atomic E-state index is 12.8. The summed E-state index contributed by atoms with van der Waals surface area (Å²) in [4.78, 5) is 55.1. The molecule has 1 saturated heterocycles. The molecular weight excluding hydrogens is 310 g/mol. The summed E-state index contributed by atoms with van der Waals surface area (Å²) in [7, 11) is 2.67. The molecule has 0 aromatic heterocycles. The average molecular weight is 333 g/mol. The second-order valence-electron chi connectivity index (χ2n) is 7.86. The van der Waals surface area contributed by atoms with Gasteiger partial charge >= 0.3 is 6.03 Å². The lowest BCUT2D eigenvalue weighted by atomic mass is 9.70. The highest BCUT2D eigenvalue weighted by Crippen LogP contribution is 2.64. The number of carbonyl (C=O) groups is 4. The number of amides is 4. The van der Waals surface area contributed by atoms with Crippen LogP contribution in [0.25, 0.3) is 0 Å². The Kier molecular flexibility index (Phi) is 3.48. The lowest BCUT2D eigenvalue weighted by Crippen LogP contribution is -2.57. The van der Waals surface area contributed by atoms with E-state index in [-0.39, 0.29) is 17.1 Å². The van der Waals surface area contributed by atoms with Crippen molar-refractivity contribution in [3.05, 3.63) is 0 Å². The molecule has 2 aliphatic carbocycles. The summed E-state index contributed by atoms with van der Waals surface area (Å²) < 4.78 is 0. The van der Waals surface area contributed by atoms with E-state index in [0.29, 0.717) is 0 Å². The number of carbonyl (C=O) groups excluding carboxylic acids is 4. The van der Waals surface area contributed by atoms with E-state index in [1.54, 1.807) is 0 Å². The Labute approximate surface area is 141 Å². The quantitative estimate of drug-likeness (QED) is 0.559. The maximum atomic E-state index is 12.8. The number of rotatable bonds is 2. The van der Waals surface area contributed by atoms with Gasteiger partial charge in [-0.2, -0.15) is 0 Å². The third-order valence-electron chi connectivity index (χ3n) is 6.66. The van der Waals surface area contributed by atoms with E-state index in [9.17, 15) is 19.2 Å². The molecule has 0 N–H and O–H groups in total. The fraction of sp³-hybridized carbons (Fsp3) is 0.706. The Hall–Kier alpha value is -2.05. The molecule has 3 atom stereocenters. The van der Waals surface area contributed by atoms with Crippen LogP contribution in [0.4, 0.5) is 4.79 Å². The summed E-state index contributed by atoms with van der Waals surface area (Å²) in [6.45, 7) is 6.17. The predicted molar refractivity (Wildman–Crippen MR) is 86.3 cm³/mol. The number of hydrogen-bond acceptors (Lipinski definition) is 5. The van der Waals surface area contributed by atoms with E-state index in [2.05, 4.69) is 18.8 Å². The lowest BCUT2D eigenvalue weighted by molar-refractivity contribution is -0.144. The molecule has 0 radical (unpaired) electrons. The van der Waals surface area contributed by atoms with Gasteiger partial charge in [-0.3, -0.25) is 29.2 Å². The van der Waals surface area contributed by atoms with Gasteiger partial charge in [0.1, 0.15) is 6.04 Å². The standard InChI is InChI=1S/C17H23N3O4/c1-16(2)10-6-7-17(16,3)12(21)11(10)18-8-9-13(22)19(4)15(24)20(5)14(9)23/h8-11H,6-7H2,1-5H3/t10-,11+,17+/m0/s1. The van der Waals surface area contributed by atoms with Crippen molar-refractivity contribution >= 4 is 29.8 Å². The first-order valence-corrected chi connectivity index (χ1v) is 8.20. The van der Waals surface area contributed by atoms with E-state index in [0.717, 1.165) is 22.6 Å². The van der Waals surface area contributed by atoms with Gasteiger partial charge in [0, 0.05) is 25.7 Å². The minimum Gasteiger partial charge on any atom is -0.297 e. The van der Waals surface area contributed by atoms with Crippen LogP contribution in [0.15, 0.2) is 4.99 Å². The molecule has 7 nitrogen and oxygen atoms in total. The number of aliphatic imine (C=N–C) groups is 1. The van der Waals surface area contributed by atoms with Crippen LogP contribution < -0.4 is 0 Å². The summed E-state index contributed by atoms with van der Waals surface area (Å²) in [6.07, 6.45) is 3.05. The van der Waals surface area contributed by atoms with Gasteiger partial charge in [0.15, 0.2) is 11.7 Å². The zero-order chi connectivity index (χ0) is 18.0. The van der Waals surface area contributed by atoms with Gasteiger partial charge in [-0.05, 0) is 24.2 Å². The van der Waals surface area contributed by atoms with Crippen LogP contribution in [0, 0.1) is 22.7 Å². The number of barbiturate groups is 1. The number of imide groups is 2. The van der Waals surface area contributed by atoms with Crippen LogP contribution in [0.1, 0.15) is 33.6 Å². The zero-order valence-corrected chi connectivity index (χ0v) is 14.7. The number of urea groups is 1. The Balaban J connectivity index is 1.87. The Morgan fingerprint density at radius 1 is 1.04 bits per heavy atom. The predicted octanol–water partition coefficient (Wildman–Crippen LogP) is 1.12. The molecule has 3 aliphatic rings. The van der Waals surface area contributed by atoms with Crippen molar-refractivity contribution in [2.24, 2.45) is 27.7 Å². The van der Waals surface area contributed by atoms with Crippen molar-refractivity contribution in [3.63, 3.8) is 0 Å². The van der Waals surface area contributed by atoms with Crippen molar-refractivity contribution in [1.82, 2.24) is 9.80 Å².